The number of ether oxygens (including phenoxy) is 1. The standard InChI is InChI=1S/C18H26N6O2.HI/c1-3-20-18(21-11-16(25)14-4-6-19-7-5-14)24-8-9-26-17(13-24)15-10-22-23(2)12-15;/h4-7,10,12,16-17,25H,3,8-9,11,13H2,1-2H3,(H,20,21);1H. The molecule has 2 atom stereocenters. The number of nitrogens with zero attached hydrogens (tertiary/aromatic N) is 5. The molecule has 0 aromatic carbocycles. The van der Waals surface area contributed by atoms with E-state index in [1.807, 2.05) is 26.4 Å². The van der Waals surface area contributed by atoms with E-state index in [4.69, 9.17) is 4.74 Å². The average Bonchev–Trinajstić information content (AvgIpc) is 3.12. The summed E-state index contributed by atoms with van der Waals surface area (Å²) in [6.07, 6.45) is 6.48. The number of aromatic nitrogens is 3. The van der Waals surface area contributed by atoms with Crippen molar-refractivity contribution < 1.29 is 9.84 Å². The first-order valence-electron chi connectivity index (χ1n) is 8.88. The molecule has 0 spiro atoms. The maximum atomic E-state index is 10.4. The van der Waals surface area contributed by atoms with Crippen molar-refractivity contribution >= 4 is 29.9 Å². The first-order valence-corrected chi connectivity index (χ1v) is 8.88. The third-order valence-corrected chi connectivity index (χ3v) is 4.30. The van der Waals surface area contributed by atoms with Gasteiger partial charge in [-0.1, -0.05) is 0 Å². The van der Waals surface area contributed by atoms with Gasteiger partial charge in [0, 0.05) is 44.3 Å². The van der Waals surface area contributed by atoms with E-state index in [-0.39, 0.29) is 30.1 Å². The van der Waals surface area contributed by atoms with E-state index in [1.165, 1.54) is 0 Å². The Morgan fingerprint density at radius 1 is 1.44 bits per heavy atom. The number of hydrogen-bond donors (Lipinski definition) is 2. The van der Waals surface area contributed by atoms with Gasteiger partial charge < -0.3 is 20.1 Å². The first kappa shape index (κ1) is 21.6. The lowest BCUT2D eigenvalue weighted by molar-refractivity contribution is -0.00811. The van der Waals surface area contributed by atoms with Gasteiger partial charge in [0.1, 0.15) is 6.10 Å². The van der Waals surface area contributed by atoms with Gasteiger partial charge in [-0.25, -0.2) is 0 Å². The summed E-state index contributed by atoms with van der Waals surface area (Å²) < 4.78 is 7.68. The highest BCUT2D eigenvalue weighted by Crippen LogP contribution is 2.22. The highest BCUT2D eigenvalue weighted by atomic mass is 127. The monoisotopic (exact) mass is 486 g/mol. The van der Waals surface area contributed by atoms with Crippen LogP contribution in [0.15, 0.2) is 41.9 Å². The van der Waals surface area contributed by atoms with E-state index in [1.54, 1.807) is 29.2 Å². The molecule has 0 saturated carbocycles. The molecule has 1 fully saturated rings. The number of aliphatic imine (C=N–C) groups is 1. The molecule has 0 bridgehead atoms. The molecule has 9 heteroatoms. The topological polar surface area (TPSA) is 87.8 Å². The Morgan fingerprint density at radius 3 is 2.89 bits per heavy atom. The Kier molecular flexibility index (Phi) is 8.45. The number of nitrogens with one attached hydrogen (secondary N) is 1. The zero-order valence-corrected chi connectivity index (χ0v) is 18.0. The highest BCUT2D eigenvalue weighted by Gasteiger charge is 2.25. The molecule has 2 aromatic heterocycles. The van der Waals surface area contributed by atoms with Crippen molar-refractivity contribution in [1.82, 2.24) is 25.0 Å². The van der Waals surface area contributed by atoms with Crippen molar-refractivity contribution in [3.63, 3.8) is 0 Å². The highest BCUT2D eigenvalue weighted by molar-refractivity contribution is 14.0. The molecule has 1 aliphatic heterocycles. The molecule has 3 rings (SSSR count). The minimum Gasteiger partial charge on any atom is -0.386 e. The van der Waals surface area contributed by atoms with Gasteiger partial charge in [-0.3, -0.25) is 14.7 Å². The van der Waals surface area contributed by atoms with E-state index >= 15 is 0 Å². The normalized spacial score (nSPS) is 18.7. The Labute approximate surface area is 176 Å². The van der Waals surface area contributed by atoms with Gasteiger partial charge in [-0.15, -0.1) is 24.0 Å². The fraction of sp³-hybridized carbons (Fsp3) is 0.500. The number of aliphatic hydroxyl groups excluding tert-OH is 1. The largest absolute Gasteiger partial charge is 0.386 e. The van der Waals surface area contributed by atoms with Crippen molar-refractivity contribution in [3.8, 4) is 0 Å². The summed E-state index contributed by atoms with van der Waals surface area (Å²) in [7, 11) is 1.90. The SMILES string of the molecule is CCNC(=NCC(O)c1ccncc1)N1CCOC(c2cnn(C)c2)C1.I. The van der Waals surface area contributed by atoms with Gasteiger partial charge in [0.05, 0.1) is 32.0 Å². The predicted molar refractivity (Wildman–Crippen MR) is 114 cm³/mol. The third-order valence-electron chi connectivity index (χ3n) is 4.30. The molecule has 2 unspecified atom stereocenters. The zero-order chi connectivity index (χ0) is 18.4. The second-order valence-corrected chi connectivity index (χ2v) is 6.24. The molecule has 1 aliphatic rings. The minimum atomic E-state index is -0.651. The second-order valence-electron chi connectivity index (χ2n) is 6.24. The summed E-state index contributed by atoms with van der Waals surface area (Å²) in [6, 6.07) is 3.61. The van der Waals surface area contributed by atoms with Crippen LogP contribution in [0.5, 0.6) is 0 Å². The van der Waals surface area contributed by atoms with E-state index in [9.17, 15) is 5.11 Å². The van der Waals surface area contributed by atoms with Crippen LogP contribution in [-0.4, -0.2) is 63.5 Å². The molecule has 27 heavy (non-hydrogen) atoms. The fourth-order valence-electron chi connectivity index (χ4n) is 2.94. The first-order chi connectivity index (χ1) is 12.7. The number of guanidine groups is 1. The molecular weight excluding hydrogens is 459 g/mol. The number of morpholine rings is 1. The van der Waals surface area contributed by atoms with E-state index in [2.05, 4.69) is 25.3 Å². The zero-order valence-electron chi connectivity index (χ0n) is 15.7. The quantitative estimate of drug-likeness (QED) is 0.379. The van der Waals surface area contributed by atoms with Gasteiger partial charge in [0.25, 0.3) is 0 Å². The lowest BCUT2D eigenvalue weighted by atomic mass is 10.1. The van der Waals surface area contributed by atoms with Gasteiger partial charge in [-0.05, 0) is 24.6 Å². The number of rotatable bonds is 5. The van der Waals surface area contributed by atoms with Crippen LogP contribution in [0.1, 0.15) is 30.3 Å². The van der Waals surface area contributed by atoms with E-state index in [0.717, 1.165) is 30.2 Å². The lowest BCUT2D eigenvalue weighted by Gasteiger charge is -2.35. The lowest BCUT2D eigenvalue weighted by Crippen LogP contribution is -2.48. The smallest absolute Gasteiger partial charge is 0.194 e. The molecule has 2 aromatic rings. The summed E-state index contributed by atoms with van der Waals surface area (Å²) in [6.45, 7) is 5.17. The van der Waals surface area contributed by atoms with Gasteiger partial charge >= 0.3 is 0 Å². The van der Waals surface area contributed by atoms with Crippen LogP contribution in [0.25, 0.3) is 0 Å². The van der Waals surface area contributed by atoms with Crippen molar-refractivity contribution in [2.24, 2.45) is 12.0 Å². The van der Waals surface area contributed by atoms with Crippen LogP contribution < -0.4 is 5.32 Å². The van der Waals surface area contributed by atoms with Crippen molar-refractivity contribution in [3.05, 3.63) is 48.0 Å². The number of halogens is 1. The number of aryl methyl sites for hydroxylation is 1. The molecule has 148 valence electrons. The predicted octanol–water partition coefficient (Wildman–Crippen LogP) is 1.51. The molecule has 0 amide bonds. The molecule has 0 aliphatic carbocycles. The molecular formula is C18H27IN6O2. The van der Waals surface area contributed by atoms with Crippen molar-refractivity contribution in [2.75, 3.05) is 32.8 Å². The number of hydrogen-bond acceptors (Lipinski definition) is 5. The van der Waals surface area contributed by atoms with Gasteiger partial charge in [0.2, 0.25) is 0 Å². The second kappa shape index (κ2) is 10.6. The van der Waals surface area contributed by atoms with Gasteiger partial charge in [-0.2, -0.15) is 5.10 Å². The summed E-state index contributed by atoms with van der Waals surface area (Å²) in [5, 5.41) is 17.9. The molecule has 8 nitrogen and oxygen atoms in total. The van der Waals surface area contributed by atoms with Crippen LogP contribution in [0.4, 0.5) is 0 Å². The Bertz CT molecular complexity index is 724. The Morgan fingerprint density at radius 2 is 2.22 bits per heavy atom. The third kappa shape index (κ3) is 5.88. The maximum Gasteiger partial charge on any atom is 0.194 e. The summed E-state index contributed by atoms with van der Waals surface area (Å²) >= 11 is 0. The average molecular weight is 486 g/mol. The van der Waals surface area contributed by atoms with Crippen LogP contribution in [0.3, 0.4) is 0 Å². The summed E-state index contributed by atoms with van der Waals surface area (Å²) in [5.41, 5.74) is 1.87. The molecule has 0 radical (unpaired) electrons. The van der Waals surface area contributed by atoms with Crippen LogP contribution >= 0.6 is 24.0 Å². The summed E-state index contributed by atoms with van der Waals surface area (Å²) in [4.78, 5) is 10.8. The maximum absolute atomic E-state index is 10.4. The van der Waals surface area contributed by atoms with Crippen LogP contribution in [-0.2, 0) is 11.8 Å². The van der Waals surface area contributed by atoms with E-state index in [0.29, 0.717) is 19.7 Å². The van der Waals surface area contributed by atoms with Crippen molar-refractivity contribution in [1.29, 1.82) is 0 Å². The summed E-state index contributed by atoms with van der Waals surface area (Å²) in [5.74, 6) is 0.790. The molecule has 1 saturated heterocycles. The molecule has 2 N–H and O–H groups in total. The van der Waals surface area contributed by atoms with Crippen LogP contribution in [0, 0.1) is 0 Å². The van der Waals surface area contributed by atoms with Crippen LogP contribution in [0.2, 0.25) is 0 Å². The Balaban J connectivity index is 0.00000261. The van der Waals surface area contributed by atoms with E-state index < -0.39 is 6.10 Å². The Hall–Kier alpha value is -1.72. The fourth-order valence-corrected chi connectivity index (χ4v) is 2.94. The van der Waals surface area contributed by atoms with Gasteiger partial charge in [0.15, 0.2) is 5.96 Å². The molecule has 3 heterocycles. The van der Waals surface area contributed by atoms with Crippen molar-refractivity contribution in [2.45, 2.75) is 19.1 Å². The minimum absolute atomic E-state index is 0. The number of pyridine rings is 1. The number of aliphatic hydroxyl groups is 1.